The largest absolute Gasteiger partial charge is 0.487 e. The molecule has 8 unspecified atom stereocenters. The number of hydrogen-bond acceptors (Lipinski definition) is 1. The van der Waals surface area contributed by atoms with Gasteiger partial charge in [0.25, 0.3) is 0 Å². The molecule has 0 aliphatic heterocycles. The van der Waals surface area contributed by atoms with E-state index in [0.29, 0.717) is 3.92 Å². The second-order valence-corrected chi connectivity index (χ2v) is 10.7. The zero-order valence-electron chi connectivity index (χ0n) is 14.9. The maximum absolute atomic E-state index is 6.68. The van der Waals surface area contributed by atoms with Gasteiger partial charge in [-0.05, 0) is 92.7 Å². The summed E-state index contributed by atoms with van der Waals surface area (Å²) in [4.78, 5) is 0. The van der Waals surface area contributed by atoms with Gasteiger partial charge in [-0.3, -0.25) is 0 Å². The van der Waals surface area contributed by atoms with Crippen LogP contribution >= 0.6 is 22.6 Å². The summed E-state index contributed by atoms with van der Waals surface area (Å²) >= 11 is 2.54. The Kier molecular flexibility index (Phi) is 3.74. The number of benzene rings is 1. The van der Waals surface area contributed by atoms with E-state index in [0.717, 1.165) is 41.3 Å². The van der Waals surface area contributed by atoms with Gasteiger partial charge in [-0.25, -0.2) is 0 Å². The monoisotopic (exact) mass is 436 g/mol. The molecule has 0 heterocycles. The molecule has 8 atom stereocenters. The molecule has 4 aliphatic rings. The fraction of sp³-hybridized carbons (Fsp3) is 0.727. The third kappa shape index (κ3) is 2.23. The normalized spacial score (nSPS) is 46.3. The SMILES string of the molecule is CCC(I)c1ccc(OC2(C)CC3CC2C2C4CCC(C4)C32)cc1. The van der Waals surface area contributed by atoms with Crippen molar-refractivity contribution in [3.63, 3.8) is 0 Å². The molecule has 24 heavy (non-hydrogen) atoms. The second kappa shape index (κ2) is 5.62. The van der Waals surface area contributed by atoms with Gasteiger partial charge in [0, 0.05) is 9.84 Å². The summed E-state index contributed by atoms with van der Waals surface area (Å²) in [7, 11) is 0. The lowest BCUT2D eigenvalue weighted by atomic mass is 9.66. The van der Waals surface area contributed by atoms with Crippen molar-refractivity contribution in [3.05, 3.63) is 29.8 Å². The Morgan fingerprint density at radius 3 is 2.50 bits per heavy atom. The van der Waals surface area contributed by atoms with Gasteiger partial charge in [0.05, 0.1) is 0 Å². The van der Waals surface area contributed by atoms with Crippen molar-refractivity contribution in [1.29, 1.82) is 0 Å². The topological polar surface area (TPSA) is 9.23 Å². The van der Waals surface area contributed by atoms with Gasteiger partial charge in [-0.1, -0.05) is 41.6 Å². The molecular weight excluding hydrogens is 407 g/mol. The van der Waals surface area contributed by atoms with Gasteiger partial charge in [0.1, 0.15) is 11.4 Å². The van der Waals surface area contributed by atoms with Gasteiger partial charge in [0.2, 0.25) is 0 Å². The Bertz CT molecular complexity index is 625. The number of hydrogen-bond donors (Lipinski definition) is 0. The molecule has 0 aromatic heterocycles. The first kappa shape index (κ1) is 16.0. The van der Waals surface area contributed by atoms with Crippen LogP contribution in [0.5, 0.6) is 5.75 Å². The van der Waals surface area contributed by atoms with Gasteiger partial charge in [-0.2, -0.15) is 0 Å². The van der Waals surface area contributed by atoms with Crippen molar-refractivity contribution < 1.29 is 4.74 Å². The van der Waals surface area contributed by atoms with Crippen molar-refractivity contribution in [2.75, 3.05) is 0 Å². The third-order valence-corrected chi connectivity index (χ3v) is 9.62. The van der Waals surface area contributed by atoms with Crippen LogP contribution in [0.3, 0.4) is 0 Å². The lowest BCUT2D eigenvalue weighted by molar-refractivity contribution is -0.0304. The van der Waals surface area contributed by atoms with E-state index in [1.54, 1.807) is 6.42 Å². The average molecular weight is 436 g/mol. The van der Waals surface area contributed by atoms with Crippen LogP contribution in [-0.4, -0.2) is 5.60 Å². The van der Waals surface area contributed by atoms with Crippen LogP contribution < -0.4 is 4.74 Å². The van der Waals surface area contributed by atoms with Crippen LogP contribution in [-0.2, 0) is 0 Å². The first-order chi connectivity index (χ1) is 11.6. The third-order valence-electron chi connectivity index (χ3n) is 8.02. The quantitative estimate of drug-likeness (QED) is 0.301. The molecule has 4 bridgehead atoms. The Morgan fingerprint density at radius 2 is 1.79 bits per heavy atom. The summed E-state index contributed by atoms with van der Waals surface area (Å²) in [5, 5.41) is 0. The van der Waals surface area contributed by atoms with Gasteiger partial charge in [0.15, 0.2) is 0 Å². The van der Waals surface area contributed by atoms with Crippen LogP contribution in [0.15, 0.2) is 24.3 Å². The molecule has 4 fully saturated rings. The Morgan fingerprint density at radius 1 is 1.08 bits per heavy atom. The maximum Gasteiger partial charge on any atom is 0.120 e. The number of alkyl halides is 1. The van der Waals surface area contributed by atoms with Crippen LogP contribution in [0.4, 0.5) is 0 Å². The van der Waals surface area contributed by atoms with E-state index >= 15 is 0 Å². The number of rotatable bonds is 4. The van der Waals surface area contributed by atoms with E-state index in [2.05, 4.69) is 60.7 Å². The standard InChI is InChI=1S/C22H29IO/c1-3-19(23)13-6-8-17(9-7-13)24-22(2)12-16-11-18(22)21-15-5-4-14(10-15)20(16)21/h6-9,14-16,18-21H,3-5,10-12H2,1-2H3. The molecule has 1 aromatic carbocycles. The van der Waals surface area contributed by atoms with E-state index < -0.39 is 0 Å². The van der Waals surface area contributed by atoms with E-state index in [-0.39, 0.29) is 5.60 Å². The van der Waals surface area contributed by atoms with Crippen molar-refractivity contribution in [2.24, 2.45) is 35.5 Å². The highest BCUT2D eigenvalue weighted by molar-refractivity contribution is 14.1. The smallest absolute Gasteiger partial charge is 0.120 e. The van der Waals surface area contributed by atoms with E-state index in [1.165, 1.54) is 37.7 Å². The van der Waals surface area contributed by atoms with Gasteiger partial charge in [-0.15, -0.1) is 0 Å². The van der Waals surface area contributed by atoms with Crippen LogP contribution in [0.1, 0.15) is 61.9 Å². The second-order valence-electron chi connectivity index (χ2n) is 9.15. The molecule has 1 nitrogen and oxygen atoms in total. The predicted octanol–water partition coefficient (Wildman–Crippen LogP) is 6.41. The molecule has 0 radical (unpaired) electrons. The number of ether oxygens (including phenoxy) is 1. The Balaban J connectivity index is 1.35. The summed E-state index contributed by atoms with van der Waals surface area (Å²) in [6.45, 7) is 4.67. The van der Waals surface area contributed by atoms with Crippen LogP contribution in [0.2, 0.25) is 0 Å². The molecule has 0 spiro atoms. The highest BCUT2D eigenvalue weighted by Gasteiger charge is 2.66. The van der Waals surface area contributed by atoms with Crippen molar-refractivity contribution in [1.82, 2.24) is 0 Å². The van der Waals surface area contributed by atoms with E-state index in [9.17, 15) is 0 Å². The van der Waals surface area contributed by atoms with Crippen molar-refractivity contribution in [3.8, 4) is 5.75 Å². The summed E-state index contributed by atoms with van der Waals surface area (Å²) in [5.74, 6) is 7.03. The fourth-order valence-corrected chi connectivity index (χ4v) is 7.65. The molecule has 0 N–H and O–H groups in total. The fourth-order valence-electron chi connectivity index (χ4n) is 7.23. The number of halogens is 1. The Hall–Kier alpha value is -0.250. The highest BCUT2D eigenvalue weighted by Crippen LogP contribution is 2.70. The summed E-state index contributed by atoms with van der Waals surface area (Å²) in [5.41, 5.74) is 1.52. The molecule has 4 saturated carbocycles. The first-order valence-corrected chi connectivity index (χ1v) is 11.3. The van der Waals surface area contributed by atoms with Crippen LogP contribution in [0, 0.1) is 35.5 Å². The zero-order chi connectivity index (χ0) is 16.5. The van der Waals surface area contributed by atoms with Gasteiger partial charge >= 0.3 is 0 Å². The molecular formula is C22H29IO. The Labute approximate surface area is 160 Å². The predicted molar refractivity (Wildman–Crippen MR) is 107 cm³/mol. The minimum atomic E-state index is 0.0896. The molecule has 1 aromatic rings. The molecule has 5 rings (SSSR count). The van der Waals surface area contributed by atoms with E-state index in [4.69, 9.17) is 4.74 Å². The van der Waals surface area contributed by atoms with Crippen molar-refractivity contribution in [2.45, 2.75) is 61.9 Å². The molecule has 130 valence electrons. The summed E-state index contributed by atoms with van der Waals surface area (Å²) in [6.07, 6.45) is 8.52. The van der Waals surface area contributed by atoms with Crippen molar-refractivity contribution >= 4 is 22.6 Å². The minimum absolute atomic E-state index is 0.0896. The average Bonchev–Trinajstić information content (AvgIpc) is 3.32. The molecule has 0 saturated heterocycles. The lowest BCUT2D eigenvalue weighted by Gasteiger charge is -2.44. The minimum Gasteiger partial charge on any atom is -0.487 e. The maximum atomic E-state index is 6.68. The van der Waals surface area contributed by atoms with E-state index in [1.807, 2.05) is 0 Å². The molecule has 2 heteroatoms. The molecule has 4 aliphatic carbocycles. The summed E-state index contributed by atoms with van der Waals surface area (Å²) in [6, 6.07) is 8.97. The summed E-state index contributed by atoms with van der Waals surface area (Å²) < 4.78 is 7.29. The molecule has 0 amide bonds. The first-order valence-electron chi connectivity index (χ1n) is 10.0. The highest BCUT2D eigenvalue weighted by atomic mass is 127. The number of fused-ring (bicyclic) bond motifs is 9. The van der Waals surface area contributed by atoms with Crippen LogP contribution in [0.25, 0.3) is 0 Å². The van der Waals surface area contributed by atoms with Gasteiger partial charge < -0.3 is 4.74 Å². The zero-order valence-corrected chi connectivity index (χ0v) is 17.0. The lowest BCUT2D eigenvalue weighted by Crippen LogP contribution is -2.46.